The second kappa shape index (κ2) is 9.19. The largest absolute Gasteiger partial charge is 0.516 e. The number of benzene rings is 1. The smallest absolute Gasteiger partial charge is 0.508 e. The fourth-order valence-electron chi connectivity index (χ4n) is 1.50. The molecule has 0 heterocycles. The van der Waals surface area contributed by atoms with E-state index in [-0.39, 0.29) is 12.3 Å². The zero-order valence-electron chi connectivity index (χ0n) is 17.3. The average molecular weight is 341 g/mol. The normalized spacial score (nSPS) is 14.4. The van der Waals surface area contributed by atoms with Gasteiger partial charge in [0.1, 0.15) is 5.75 Å². The van der Waals surface area contributed by atoms with Gasteiger partial charge in [0, 0.05) is 11.8 Å². The van der Waals surface area contributed by atoms with Crippen molar-refractivity contribution in [1.29, 1.82) is 0 Å². The monoisotopic (exact) mass is 341 g/mol. The number of hydrogen-bond acceptors (Lipinski definition) is 8. The Kier molecular flexibility index (Phi) is 5.13. The molecule has 1 atom stereocenters. The average Bonchev–Trinajstić information content (AvgIpc) is 2.63. The number of hydrogen-bond donors (Lipinski definition) is 2. The summed E-state index contributed by atoms with van der Waals surface area (Å²) >= 11 is 0. The van der Waals surface area contributed by atoms with Crippen LogP contribution in [0.5, 0.6) is 5.75 Å². The molecule has 130 valence electrons. The van der Waals surface area contributed by atoms with Gasteiger partial charge in [-0.15, -0.1) is 0 Å². The van der Waals surface area contributed by atoms with Gasteiger partial charge in [0.25, 0.3) is 0 Å². The molecule has 0 saturated heterocycles. The second-order valence-electron chi connectivity index (χ2n) is 4.29. The lowest BCUT2D eigenvalue weighted by Crippen LogP contribution is -2.31. The minimum absolute atomic E-state index is 0.0441. The summed E-state index contributed by atoms with van der Waals surface area (Å²) < 4.78 is 44.8. The van der Waals surface area contributed by atoms with Crippen molar-refractivity contribution in [2.45, 2.75) is 19.9 Å². The Morgan fingerprint density at radius 1 is 1.33 bits per heavy atom. The van der Waals surface area contributed by atoms with Crippen LogP contribution < -0.4 is 5.32 Å². The summed E-state index contributed by atoms with van der Waals surface area (Å²) in [5.41, 5.74) is -0.456. The molecule has 0 radical (unpaired) electrons. The number of allylic oxidation sites excluding steroid dienone is 1. The number of carbonyl (C=O) groups excluding carboxylic acids is 3. The standard InChI is InChI=1S/C16H19NO7/c1-4-23-16(21)24-15(20)14(11-5-7-12(18)8-6-11)17-10(2)9-13(19)22-3/h5-9,14,17-18H,4H2,1-3H3/b10-9-/t14-/m1/s1/i5D,6D,7D,8D. The van der Waals surface area contributed by atoms with Gasteiger partial charge in [-0.1, -0.05) is 12.1 Å². The van der Waals surface area contributed by atoms with Gasteiger partial charge in [-0.25, -0.2) is 14.4 Å². The van der Waals surface area contributed by atoms with Crippen molar-refractivity contribution in [3.63, 3.8) is 0 Å². The van der Waals surface area contributed by atoms with Crippen molar-refractivity contribution in [2.24, 2.45) is 0 Å². The number of carbonyl (C=O) groups is 3. The first kappa shape index (κ1) is 13.4. The quantitative estimate of drug-likeness (QED) is 0.458. The number of phenolic OH excluding ortho intramolecular Hbond substituents is 1. The fourth-order valence-corrected chi connectivity index (χ4v) is 1.50. The van der Waals surface area contributed by atoms with Gasteiger partial charge in [-0.3, -0.25) is 0 Å². The van der Waals surface area contributed by atoms with E-state index in [2.05, 4.69) is 19.5 Å². The molecular weight excluding hydrogens is 318 g/mol. The van der Waals surface area contributed by atoms with Crippen LogP contribution in [-0.2, 0) is 23.8 Å². The predicted molar refractivity (Wildman–Crippen MR) is 82.9 cm³/mol. The van der Waals surface area contributed by atoms with Crippen LogP contribution in [0, 0.1) is 0 Å². The van der Waals surface area contributed by atoms with E-state index in [4.69, 9.17) is 5.48 Å². The predicted octanol–water partition coefficient (Wildman–Crippen LogP) is 1.80. The molecule has 24 heavy (non-hydrogen) atoms. The highest BCUT2D eigenvalue weighted by atomic mass is 16.7. The summed E-state index contributed by atoms with van der Waals surface area (Å²) in [6.45, 7) is 2.76. The van der Waals surface area contributed by atoms with Crippen molar-refractivity contribution >= 4 is 18.1 Å². The minimum Gasteiger partial charge on any atom is -0.508 e. The Morgan fingerprint density at radius 2 is 1.96 bits per heavy atom. The van der Waals surface area contributed by atoms with Crippen LogP contribution in [0.3, 0.4) is 0 Å². The number of rotatable bonds is 6. The van der Waals surface area contributed by atoms with E-state index in [0.29, 0.717) is 0 Å². The summed E-state index contributed by atoms with van der Waals surface area (Å²) in [5.74, 6) is -2.98. The van der Waals surface area contributed by atoms with Crippen LogP contribution >= 0.6 is 0 Å². The Balaban J connectivity index is 3.47. The summed E-state index contributed by atoms with van der Waals surface area (Å²) in [5, 5.41) is 12.2. The second-order valence-corrected chi connectivity index (χ2v) is 4.29. The lowest BCUT2D eigenvalue weighted by atomic mass is 10.1. The maximum atomic E-state index is 12.5. The fraction of sp³-hybridized carbons (Fsp3) is 0.312. The van der Waals surface area contributed by atoms with Crippen molar-refractivity contribution in [1.82, 2.24) is 5.32 Å². The molecule has 1 aromatic carbocycles. The topological polar surface area (TPSA) is 111 Å². The van der Waals surface area contributed by atoms with E-state index in [0.717, 1.165) is 13.2 Å². The molecule has 0 aromatic heterocycles. The molecule has 1 aromatic rings. The number of ether oxygens (including phenoxy) is 3. The Hall–Kier alpha value is -3.03. The summed E-state index contributed by atoms with van der Waals surface area (Å²) in [4.78, 5) is 35.3. The van der Waals surface area contributed by atoms with Gasteiger partial charge in [-0.2, -0.15) is 0 Å². The Morgan fingerprint density at radius 3 is 2.50 bits per heavy atom. The number of methoxy groups -OCH3 is 1. The van der Waals surface area contributed by atoms with Gasteiger partial charge in [0.15, 0.2) is 6.04 Å². The highest BCUT2D eigenvalue weighted by Gasteiger charge is 2.25. The maximum absolute atomic E-state index is 12.5. The van der Waals surface area contributed by atoms with Gasteiger partial charge in [0.2, 0.25) is 0 Å². The molecule has 0 aliphatic rings. The van der Waals surface area contributed by atoms with Crippen molar-refractivity contribution in [3.05, 3.63) is 41.5 Å². The first-order chi connectivity index (χ1) is 13.0. The number of phenols is 1. The molecule has 0 bridgehead atoms. The first-order valence-corrected chi connectivity index (χ1v) is 6.75. The van der Waals surface area contributed by atoms with Gasteiger partial charge < -0.3 is 24.6 Å². The third kappa shape index (κ3) is 5.99. The lowest BCUT2D eigenvalue weighted by Gasteiger charge is -2.18. The SMILES string of the molecule is [2H]c1c([2H])c([C@@H](N/C(C)=C\C(=O)OC)C(=O)OC(=O)OCC)c([2H])c([2H])c1O. The zero-order chi connectivity index (χ0) is 21.6. The third-order valence-corrected chi connectivity index (χ3v) is 2.51. The van der Waals surface area contributed by atoms with Crippen LogP contribution in [-0.4, -0.2) is 36.9 Å². The summed E-state index contributed by atoms with van der Waals surface area (Å²) in [6, 6.07) is -4.77. The minimum atomic E-state index is -1.72. The maximum Gasteiger partial charge on any atom is 0.516 e. The van der Waals surface area contributed by atoms with E-state index in [1.54, 1.807) is 0 Å². The summed E-state index contributed by atoms with van der Waals surface area (Å²) in [6.07, 6.45) is -0.371. The van der Waals surface area contributed by atoms with Crippen LogP contribution in [0.1, 0.15) is 30.9 Å². The molecule has 8 nitrogen and oxygen atoms in total. The van der Waals surface area contributed by atoms with Crippen LogP contribution in [0.2, 0.25) is 0 Å². The third-order valence-electron chi connectivity index (χ3n) is 2.51. The molecular formula is C16H19NO7. The zero-order valence-corrected chi connectivity index (χ0v) is 13.3. The van der Waals surface area contributed by atoms with Crippen LogP contribution in [0.15, 0.2) is 35.9 Å². The Labute approximate surface area is 144 Å². The first-order valence-electron chi connectivity index (χ1n) is 8.75. The molecule has 0 unspecified atom stereocenters. The Bertz CT molecular complexity index is 797. The van der Waals surface area contributed by atoms with E-state index in [1.807, 2.05) is 0 Å². The molecule has 0 amide bonds. The van der Waals surface area contributed by atoms with Crippen molar-refractivity contribution < 1.29 is 39.2 Å². The van der Waals surface area contributed by atoms with E-state index in [1.165, 1.54) is 13.8 Å². The molecule has 0 aliphatic carbocycles. The molecule has 0 fully saturated rings. The van der Waals surface area contributed by atoms with Crippen LogP contribution in [0.4, 0.5) is 4.79 Å². The highest BCUT2D eigenvalue weighted by Crippen LogP contribution is 2.19. The number of esters is 2. The van der Waals surface area contributed by atoms with Gasteiger partial charge in [-0.05, 0) is 31.5 Å². The highest BCUT2D eigenvalue weighted by molar-refractivity contribution is 5.87. The van der Waals surface area contributed by atoms with Gasteiger partial charge >= 0.3 is 18.1 Å². The van der Waals surface area contributed by atoms with Crippen molar-refractivity contribution in [2.75, 3.05) is 13.7 Å². The van der Waals surface area contributed by atoms with E-state index in [9.17, 15) is 19.5 Å². The molecule has 1 rings (SSSR count). The molecule has 0 aliphatic heterocycles. The number of aromatic hydroxyl groups is 1. The van der Waals surface area contributed by atoms with Crippen LogP contribution in [0.25, 0.3) is 0 Å². The molecule has 0 saturated carbocycles. The molecule has 8 heteroatoms. The lowest BCUT2D eigenvalue weighted by molar-refractivity contribution is -0.142. The molecule has 0 spiro atoms. The van der Waals surface area contributed by atoms with E-state index < -0.39 is 59.6 Å². The van der Waals surface area contributed by atoms with E-state index >= 15 is 0 Å². The number of nitrogens with one attached hydrogen (secondary N) is 1. The van der Waals surface area contributed by atoms with Gasteiger partial charge in [0.05, 0.1) is 19.2 Å². The van der Waals surface area contributed by atoms with Crippen molar-refractivity contribution in [3.8, 4) is 5.75 Å². The summed E-state index contributed by atoms with van der Waals surface area (Å²) in [7, 11) is 1.13. The molecule has 2 N–H and O–H groups in total.